The first-order valence-electron chi connectivity index (χ1n) is 6.50. The van der Waals surface area contributed by atoms with Gasteiger partial charge in [-0.1, -0.05) is 22.3 Å². The predicted molar refractivity (Wildman–Crippen MR) is 77.9 cm³/mol. The molecular formula is C10H6F9NO7S3. The number of hydrogen-bond acceptors (Lipinski definition) is 7. The van der Waals surface area contributed by atoms with Crippen LogP contribution in [0.15, 0.2) is 30.3 Å². The van der Waals surface area contributed by atoms with E-state index in [2.05, 4.69) is 4.18 Å². The molecule has 30 heavy (non-hydrogen) atoms. The van der Waals surface area contributed by atoms with Gasteiger partial charge in [-0.05, 0) is 12.1 Å². The van der Waals surface area contributed by atoms with Gasteiger partial charge in [-0.15, -0.1) is 0 Å². The molecule has 174 valence electrons. The third-order valence-electron chi connectivity index (χ3n) is 2.86. The van der Waals surface area contributed by atoms with E-state index in [4.69, 9.17) is 0 Å². The molecular weight excluding hydrogens is 513 g/mol. The highest BCUT2D eigenvalue weighted by Crippen LogP contribution is 2.51. The fraction of sp³-hybridized carbons (Fsp3) is 0.400. The molecule has 1 aromatic carbocycles. The van der Waals surface area contributed by atoms with E-state index in [1.165, 1.54) is 0 Å². The fourth-order valence-electron chi connectivity index (χ4n) is 1.39. The molecule has 0 aliphatic carbocycles. The molecule has 0 amide bonds. The van der Waals surface area contributed by atoms with Crippen molar-refractivity contribution < 1.29 is 69.0 Å². The van der Waals surface area contributed by atoms with Gasteiger partial charge in [-0.25, -0.2) is 16.8 Å². The Balaban J connectivity index is 3.48. The summed E-state index contributed by atoms with van der Waals surface area (Å²) in [5.74, 6) is -8.64. The van der Waals surface area contributed by atoms with E-state index in [1.54, 1.807) is 0 Å². The van der Waals surface area contributed by atoms with Gasteiger partial charge in [0.05, 0.1) is 0 Å². The molecule has 1 rings (SSSR count). The Bertz CT molecular complexity index is 1100. The second-order valence-corrected chi connectivity index (χ2v) is 10.2. The summed E-state index contributed by atoms with van der Waals surface area (Å²) in [6, 6.07) is 4.16. The van der Waals surface area contributed by atoms with Gasteiger partial charge in [0.15, 0.2) is 0 Å². The minimum absolute atomic E-state index is 0.581. The normalized spacial score (nSPS) is 15.1. The summed E-state index contributed by atoms with van der Waals surface area (Å²) in [6.07, 6.45) is 0. The molecule has 0 atom stereocenters. The van der Waals surface area contributed by atoms with Crippen molar-refractivity contribution in [3.8, 4) is 5.75 Å². The molecule has 0 aliphatic rings. The minimum atomic E-state index is -7.82. The molecule has 1 aromatic rings. The van der Waals surface area contributed by atoms with Crippen LogP contribution in [0.5, 0.6) is 5.75 Å². The van der Waals surface area contributed by atoms with Crippen LogP contribution in [0.25, 0.3) is 0 Å². The number of halogens is 9. The summed E-state index contributed by atoms with van der Waals surface area (Å²) in [5.41, 5.74) is -6.64. The summed E-state index contributed by atoms with van der Waals surface area (Å²) in [6.45, 7) is 0. The molecule has 8 nitrogen and oxygen atoms in total. The molecule has 0 unspecified atom stereocenters. The zero-order valence-electron chi connectivity index (χ0n) is 13.4. The van der Waals surface area contributed by atoms with Crippen LogP contribution in [-0.4, -0.2) is 47.2 Å². The lowest BCUT2D eigenvalue weighted by Gasteiger charge is -2.31. The molecule has 0 saturated carbocycles. The maximum absolute atomic E-state index is 13.8. The number of benzene rings is 1. The molecule has 20 heteroatoms. The van der Waals surface area contributed by atoms with E-state index in [1.807, 2.05) is 0 Å². The van der Waals surface area contributed by atoms with Crippen LogP contribution in [0.1, 0.15) is 0 Å². The van der Waals surface area contributed by atoms with Crippen LogP contribution in [-0.2, 0) is 30.2 Å². The Kier molecular flexibility index (Phi) is 6.48. The van der Waals surface area contributed by atoms with Gasteiger partial charge in [-0.3, -0.25) is 0 Å². The largest absolute Gasteiger partial charge is 0.512 e. The lowest BCUT2D eigenvalue weighted by Crippen LogP contribution is -2.64. The molecule has 1 N–H and O–H groups in total. The predicted octanol–water partition coefficient (Wildman–Crippen LogP) is 1.99. The highest BCUT2D eigenvalue weighted by molar-refractivity contribution is 8.05. The Hall–Kier alpha value is -1.80. The van der Waals surface area contributed by atoms with Crippen LogP contribution >= 0.6 is 0 Å². The van der Waals surface area contributed by atoms with E-state index in [9.17, 15) is 64.8 Å². The van der Waals surface area contributed by atoms with Gasteiger partial charge in [0, 0.05) is 0 Å². The number of rotatable bonds is 8. The number of hydrogen-bond donors (Lipinski definition) is 1. The Morgan fingerprint density at radius 3 is 1.50 bits per heavy atom. The van der Waals surface area contributed by atoms with Gasteiger partial charge in [0.1, 0.15) is 5.75 Å². The molecule has 0 aliphatic heterocycles. The molecule has 0 bridgehead atoms. The van der Waals surface area contributed by atoms with Crippen LogP contribution in [0.3, 0.4) is 0 Å². The van der Waals surface area contributed by atoms with E-state index >= 15 is 0 Å². The zero-order valence-corrected chi connectivity index (χ0v) is 15.8. The van der Waals surface area contributed by atoms with E-state index in [0.29, 0.717) is 12.1 Å². The number of nitrogens with one attached hydrogen (secondary N) is 1. The zero-order chi connectivity index (χ0) is 24.0. The minimum Gasteiger partial charge on any atom is -0.378 e. The molecule has 0 spiro atoms. The maximum Gasteiger partial charge on any atom is 0.512 e. The van der Waals surface area contributed by atoms with Crippen LogP contribution < -0.4 is 8.31 Å². The smallest absolute Gasteiger partial charge is 0.378 e. The molecule has 0 saturated heterocycles. The summed E-state index contributed by atoms with van der Waals surface area (Å²) in [5, 5.41) is -14.5. The third kappa shape index (κ3) is 4.30. The van der Waals surface area contributed by atoms with Gasteiger partial charge in [0.25, 0.3) is 10.0 Å². The van der Waals surface area contributed by atoms with Crippen molar-refractivity contribution in [1.29, 1.82) is 0 Å². The summed E-state index contributed by atoms with van der Waals surface area (Å²) < 4.78 is 187. The second-order valence-electron chi connectivity index (χ2n) is 4.99. The molecule has 0 aromatic heterocycles. The lowest BCUT2D eigenvalue weighted by molar-refractivity contribution is -0.245. The van der Waals surface area contributed by atoms with Crippen molar-refractivity contribution in [3.05, 3.63) is 30.3 Å². The van der Waals surface area contributed by atoms with Crippen molar-refractivity contribution >= 4 is 30.2 Å². The Morgan fingerprint density at radius 1 is 0.667 bits per heavy atom. The third-order valence-corrected chi connectivity index (χ3v) is 7.45. The van der Waals surface area contributed by atoms with Crippen molar-refractivity contribution in [2.75, 3.05) is 0 Å². The number of para-hydroxylation sites is 1. The van der Waals surface area contributed by atoms with Crippen molar-refractivity contribution in [2.24, 2.45) is 0 Å². The Morgan fingerprint density at radius 2 is 1.10 bits per heavy atom. The highest BCUT2D eigenvalue weighted by Gasteiger charge is 2.83. The molecule has 0 heterocycles. The monoisotopic (exact) mass is 519 g/mol. The molecule has 0 fully saturated rings. The van der Waals surface area contributed by atoms with Gasteiger partial charge in [-0.2, -0.15) is 47.9 Å². The van der Waals surface area contributed by atoms with Gasteiger partial charge < -0.3 is 4.18 Å². The number of sulfonamides is 2. The quantitative estimate of drug-likeness (QED) is 0.412. The van der Waals surface area contributed by atoms with Crippen molar-refractivity contribution in [2.45, 2.75) is 21.9 Å². The summed E-state index contributed by atoms with van der Waals surface area (Å²) in [7, 11) is -22.2. The van der Waals surface area contributed by atoms with Crippen molar-refractivity contribution in [1.82, 2.24) is 4.13 Å². The average Bonchev–Trinajstić information content (AvgIpc) is 2.52. The Labute approximate surface area is 161 Å². The first-order chi connectivity index (χ1) is 13.0. The first kappa shape index (κ1) is 26.2. The van der Waals surface area contributed by atoms with E-state index in [0.717, 1.165) is 18.2 Å². The maximum atomic E-state index is 13.8. The van der Waals surface area contributed by atoms with Crippen LogP contribution in [0.4, 0.5) is 39.5 Å². The SMILES string of the molecule is O=S(=O)(NS(=O)(=O)C(F)(F)C(F)(F)C(F)(F)S(=O)(=O)Oc1ccccc1)C(F)(F)F. The highest BCUT2D eigenvalue weighted by atomic mass is 32.3. The summed E-state index contributed by atoms with van der Waals surface area (Å²) >= 11 is 0. The van der Waals surface area contributed by atoms with Crippen molar-refractivity contribution in [3.63, 3.8) is 0 Å². The first-order valence-corrected chi connectivity index (χ1v) is 10.9. The summed E-state index contributed by atoms with van der Waals surface area (Å²) in [4.78, 5) is 0. The topological polar surface area (TPSA) is 124 Å². The van der Waals surface area contributed by atoms with E-state index in [-0.39, 0.29) is 0 Å². The second kappa shape index (κ2) is 7.41. The standard InChI is InChI=1S/C10H6F9NO7S3/c11-7(12,8(13,14)28(21,22)20-29(23,24)10(17,18)19)9(15,16)30(25,26)27-6-4-2-1-3-5-6/h1-5,20H. The fourth-order valence-corrected chi connectivity index (χ4v) is 4.79. The van der Waals surface area contributed by atoms with Gasteiger partial charge >= 0.3 is 42.1 Å². The van der Waals surface area contributed by atoms with Crippen LogP contribution in [0.2, 0.25) is 0 Å². The average molecular weight is 519 g/mol. The van der Waals surface area contributed by atoms with Gasteiger partial charge in [0.2, 0.25) is 0 Å². The van der Waals surface area contributed by atoms with Crippen LogP contribution in [0, 0.1) is 0 Å². The lowest BCUT2D eigenvalue weighted by atomic mass is 10.3. The molecule has 0 radical (unpaired) electrons. The number of alkyl halides is 9. The van der Waals surface area contributed by atoms with E-state index < -0.39 is 62.0 Å².